The highest BCUT2D eigenvalue weighted by Crippen LogP contribution is 2.21. The van der Waals surface area contributed by atoms with Crippen LogP contribution in [-0.4, -0.2) is 75.0 Å². The van der Waals surface area contributed by atoms with Crippen molar-refractivity contribution in [3.8, 4) is 5.75 Å². The van der Waals surface area contributed by atoms with Gasteiger partial charge in [-0.3, -0.25) is 14.5 Å². The van der Waals surface area contributed by atoms with Gasteiger partial charge in [0.05, 0.1) is 30.9 Å². The number of carbonyl (C=O) groups excluding carboxylic acids is 2. The minimum absolute atomic E-state index is 0.0254. The van der Waals surface area contributed by atoms with E-state index in [4.69, 9.17) is 16.3 Å². The van der Waals surface area contributed by atoms with Crippen LogP contribution in [0.2, 0.25) is 5.02 Å². The highest BCUT2D eigenvalue weighted by molar-refractivity contribution is 6.33. The van der Waals surface area contributed by atoms with E-state index >= 15 is 0 Å². The monoisotopic (exact) mass is 430 g/mol. The highest BCUT2D eigenvalue weighted by Gasteiger charge is 2.22. The van der Waals surface area contributed by atoms with E-state index in [-0.39, 0.29) is 24.9 Å². The molecule has 30 heavy (non-hydrogen) atoms. The summed E-state index contributed by atoms with van der Waals surface area (Å²) in [6.45, 7) is 3.17. The molecule has 1 saturated heterocycles. The van der Waals surface area contributed by atoms with E-state index in [1.165, 1.54) is 0 Å². The summed E-state index contributed by atoms with van der Waals surface area (Å²) >= 11 is 6.06. The smallest absolute Gasteiger partial charge is 0.238 e. The Kier molecular flexibility index (Phi) is 7.54. The molecule has 0 atom stereocenters. The second-order valence-electron chi connectivity index (χ2n) is 7.27. The molecule has 0 radical (unpaired) electrons. The Hall–Kier alpha value is -2.77. The lowest BCUT2D eigenvalue weighted by atomic mass is 10.2. The first kappa shape index (κ1) is 21.9. The Morgan fingerprint density at radius 2 is 1.70 bits per heavy atom. The first-order chi connectivity index (χ1) is 14.5. The number of amides is 2. The van der Waals surface area contributed by atoms with Gasteiger partial charge in [0.25, 0.3) is 0 Å². The lowest BCUT2D eigenvalue weighted by molar-refractivity contribution is -0.132. The van der Waals surface area contributed by atoms with Crippen LogP contribution in [0.4, 0.5) is 11.4 Å². The van der Waals surface area contributed by atoms with Gasteiger partial charge in [0, 0.05) is 31.9 Å². The average molecular weight is 431 g/mol. The summed E-state index contributed by atoms with van der Waals surface area (Å²) in [7, 11) is 3.41. The fourth-order valence-corrected chi connectivity index (χ4v) is 3.57. The number of nitrogens with one attached hydrogen (secondary N) is 1. The molecule has 1 fully saturated rings. The highest BCUT2D eigenvalue weighted by atomic mass is 35.5. The van der Waals surface area contributed by atoms with Gasteiger partial charge in [0.15, 0.2) is 0 Å². The SMILES string of the molecule is COc1ccc(N2CCN(C(=O)CN(C)CC(=O)Nc3ccccc3Cl)CC2)cc1. The van der Waals surface area contributed by atoms with E-state index in [2.05, 4.69) is 10.2 Å². The van der Waals surface area contributed by atoms with Gasteiger partial charge in [-0.1, -0.05) is 23.7 Å². The molecule has 1 N–H and O–H groups in total. The number of rotatable bonds is 7. The maximum Gasteiger partial charge on any atom is 0.238 e. The lowest BCUT2D eigenvalue weighted by Gasteiger charge is -2.36. The zero-order chi connectivity index (χ0) is 21.5. The number of carbonyl (C=O) groups is 2. The van der Waals surface area contributed by atoms with Gasteiger partial charge in [0.1, 0.15) is 5.75 Å². The summed E-state index contributed by atoms with van der Waals surface area (Å²) < 4.78 is 5.20. The quantitative estimate of drug-likeness (QED) is 0.731. The third kappa shape index (κ3) is 5.87. The third-order valence-electron chi connectivity index (χ3n) is 5.04. The molecule has 2 amide bonds. The van der Waals surface area contributed by atoms with E-state index in [9.17, 15) is 9.59 Å². The molecule has 0 aliphatic carbocycles. The molecular weight excluding hydrogens is 404 g/mol. The second kappa shape index (κ2) is 10.3. The predicted octanol–water partition coefficient (Wildman–Crippen LogP) is 2.57. The maximum atomic E-state index is 12.6. The molecule has 0 unspecified atom stereocenters. The molecule has 0 aromatic heterocycles. The molecule has 0 spiro atoms. The van der Waals surface area contributed by atoms with E-state index in [0.29, 0.717) is 23.8 Å². The molecule has 7 nitrogen and oxygen atoms in total. The van der Waals surface area contributed by atoms with Gasteiger partial charge in [-0.2, -0.15) is 0 Å². The van der Waals surface area contributed by atoms with Gasteiger partial charge in [0.2, 0.25) is 11.8 Å². The van der Waals surface area contributed by atoms with Gasteiger partial charge >= 0.3 is 0 Å². The standard InChI is InChI=1S/C22H27ClN4O3/c1-25(15-21(28)24-20-6-4-3-5-19(20)23)16-22(29)27-13-11-26(12-14-27)17-7-9-18(30-2)10-8-17/h3-10H,11-16H2,1-2H3,(H,24,28). The zero-order valence-electron chi connectivity index (χ0n) is 17.3. The number of ether oxygens (including phenoxy) is 1. The molecule has 2 aromatic rings. The number of benzene rings is 2. The van der Waals surface area contributed by atoms with Crippen molar-refractivity contribution < 1.29 is 14.3 Å². The van der Waals surface area contributed by atoms with E-state index in [1.807, 2.05) is 29.2 Å². The third-order valence-corrected chi connectivity index (χ3v) is 5.37. The van der Waals surface area contributed by atoms with E-state index in [0.717, 1.165) is 24.5 Å². The maximum absolute atomic E-state index is 12.6. The summed E-state index contributed by atoms with van der Waals surface area (Å²) in [5.41, 5.74) is 1.69. The molecule has 1 heterocycles. The normalized spacial score (nSPS) is 14.0. The average Bonchev–Trinajstić information content (AvgIpc) is 2.75. The van der Waals surface area contributed by atoms with Crippen LogP contribution >= 0.6 is 11.6 Å². The minimum atomic E-state index is -0.206. The fraction of sp³-hybridized carbons (Fsp3) is 0.364. The molecule has 1 aliphatic rings. The van der Waals surface area contributed by atoms with Crippen LogP contribution in [0.1, 0.15) is 0 Å². The largest absolute Gasteiger partial charge is 0.497 e. The molecular formula is C22H27ClN4O3. The Labute approximate surface area is 182 Å². The van der Waals surface area contributed by atoms with Gasteiger partial charge in [-0.15, -0.1) is 0 Å². The number of para-hydroxylation sites is 1. The summed E-state index contributed by atoms with van der Waals surface area (Å²) in [6, 6.07) is 15.0. The molecule has 8 heteroatoms. The molecule has 3 rings (SSSR count). The molecule has 1 aliphatic heterocycles. The van der Waals surface area contributed by atoms with Crippen LogP contribution in [0.25, 0.3) is 0 Å². The van der Waals surface area contributed by atoms with Crippen molar-refractivity contribution in [2.24, 2.45) is 0 Å². The molecule has 0 bridgehead atoms. The number of piperazine rings is 1. The lowest BCUT2D eigenvalue weighted by Crippen LogP contribution is -2.51. The summed E-state index contributed by atoms with van der Waals surface area (Å²) in [4.78, 5) is 30.7. The van der Waals surface area contributed by atoms with Crippen molar-refractivity contribution in [2.75, 3.05) is 63.6 Å². The van der Waals surface area contributed by atoms with E-state index < -0.39 is 0 Å². The van der Waals surface area contributed by atoms with Crippen LogP contribution in [-0.2, 0) is 9.59 Å². The Balaban J connectivity index is 1.43. The number of hydrogen-bond donors (Lipinski definition) is 1. The van der Waals surface area contributed by atoms with Crippen LogP contribution in [0.15, 0.2) is 48.5 Å². The Bertz CT molecular complexity index is 867. The van der Waals surface area contributed by atoms with Crippen LogP contribution in [0.3, 0.4) is 0 Å². The number of halogens is 1. The van der Waals surface area contributed by atoms with Crippen molar-refractivity contribution >= 4 is 34.8 Å². The summed E-state index contributed by atoms with van der Waals surface area (Å²) in [5, 5.41) is 3.26. The number of likely N-dealkylation sites (N-methyl/N-ethyl adjacent to an activating group) is 1. The molecule has 0 saturated carbocycles. The van der Waals surface area contributed by atoms with Crippen molar-refractivity contribution in [2.45, 2.75) is 0 Å². The van der Waals surface area contributed by atoms with Crippen LogP contribution in [0, 0.1) is 0 Å². The second-order valence-corrected chi connectivity index (χ2v) is 7.67. The first-order valence-corrected chi connectivity index (χ1v) is 10.2. The van der Waals surface area contributed by atoms with Crippen molar-refractivity contribution in [1.29, 1.82) is 0 Å². The van der Waals surface area contributed by atoms with Crippen molar-refractivity contribution in [1.82, 2.24) is 9.80 Å². The van der Waals surface area contributed by atoms with Crippen molar-refractivity contribution in [3.05, 3.63) is 53.6 Å². The fourth-order valence-electron chi connectivity index (χ4n) is 3.39. The van der Waals surface area contributed by atoms with E-state index in [1.54, 1.807) is 43.3 Å². The number of hydrogen-bond acceptors (Lipinski definition) is 5. The van der Waals surface area contributed by atoms with Crippen molar-refractivity contribution in [3.63, 3.8) is 0 Å². The zero-order valence-corrected chi connectivity index (χ0v) is 18.1. The Morgan fingerprint density at radius 1 is 1.03 bits per heavy atom. The first-order valence-electron chi connectivity index (χ1n) is 9.86. The minimum Gasteiger partial charge on any atom is -0.497 e. The number of methoxy groups -OCH3 is 1. The summed E-state index contributed by atoms with van der Waals surface area (Å²) in [5.74, 6) is 0.648. The van der Waals surface area contributed by atoms with Gasteiger partial charge in [-0.25, -0.2) is 0 Å². The number of nitrogens with zero attached hydrogens (tertiary/aromatic N) is 3. The summed E-state index contributed by atoms with van der Waals surface area (Å²) in [6.07, 6.45) is 0. The predicted molar refractivity (Wildman–Crippen MR) is 119 cm³/mol. The van der Waals surface area contributed by atoms with Gasteiger partial charge in [-0.05, 0) is 43.4 Å². The topological polar surface area (TPSA) is 65.1 Å². The molecule has 160 valence electrons. The van der Waals surface area contributed by atoms with Crippen LogP contribution in [0.5, 0.6) is 5.75 Å². The van der Waals surface area contributed by atoms with Crippen LogP contribution < -0.4 is 15.0 Å². The number of anilines is 2. The molecule has 2 aromatic carbocycles. The van der Waals surface area contributed by atoms with Gasteiger partial charge < -0.3 is 19.9 Å². The Morgan fingerprint density at radius 3 is 2.33 bits per heavy atom.